The maximum absolute atomic E-state index is 10.3. The van der Waals surface area contributed by atoms with Gasteiger partial charge in [-0.15, -0.1) is 0 Å². The van der Waals surface area contributed by atoms with E-state index < -0.39 is 5.97 Å². The number of aliphatic carboxylic acids is 1. The van der Waals surface area contributed by atoms with Crippen LogP contribution in [0.1, 0.15) is 149 Å². The molecular formula is C26H54O2Sn. The van der Waals surface area contributed by atoms with Crippen LogP contribution < -0.4 is 0 Å². The van der Waals surface area contributed by atoms with Gasteiger partial charge < -0.3 is 5.11 Å². The molecule has 0 aliphatic rings. The van der Waals surface area contributed by atoms with Gasteiger partial charge in [-0.05, 0) is 6.42 Å². The molecule has 0 atom stereocenters. The van der Waals surface area contributed by atoms with E-state index in [1.165, 1.54) is 109 Å². The van der Waals surface area contributed by atoms with Crippen LogP contribution in [0.2, 0.25) is 8.87 Å². The van der Waals surface area contributed by atoms with Crippen molar-refractivity contribution in [3.63, 3.8) is 0 Å². The number of carboxylic acids is 1. The van der Waals surface area contributed by atoms with Gasteiger partial charge in [0.1, 0.15) is 0 Å². The fourth-order valence-corrected chi connectivity index (χ4v) is 7.53. The van der Waals surface area contributed by atoms with Crippen molar-refractivity contribution < 1.29 is 9.90 Å². The predicted octanol–water partition coefficient (Wildman–Crippen LogP) is 9.46. The summed E-state index contributed by atoms with van der Waals surface area (Å²) in [5.41, 5.74) is 0. The Bertz CT molecular complexity index is 288. The van der Waals surface area contributed by atoms with Crippen LogP contribution in [0.5, 0.6) is 0 Å². The zero-order valence-corrected chi connectivity index (χ0v) is 23.3. The Kier molecular flexibility index (Phi) is 33.0. The summed E-state index contributed by atoms with van der Waals surface area (Å²) in [4.78, 5) is 10.3. The van der Waals surface area contributed by atoms with E-state index in [2.05, 4.69) is 20.8 Å². The Morgan fingerprint density at radius 1 is 0.517 bits per heavy atom. The molecule has 1 N–H and O–H groups in total. The van der Waals surface area contributed by atoms with Crippen LogP contribution in [0.25, 0.3) is 0 Å². The van der Waals surface area contributed by atoms with Crippen molar-refractivity contribution >= 4 is 27.1 Å². The van der Waals surface area contributed by atoms with E-state index in [4.69, 9.17) is 5.11 Å². The van der Waals surface area contributed by atoms with Crippen LogP contribution in [0.3, 0.4) is 0 Å². The summed E-state index contributed by atoms with van der Waals surface area (Å²) < 4.78 is 3.25. The Labute approximate surface area is 194 Å². The maximum atomic E-state index is 10.3. The molecular weight excluding hydrogens is 463 g/mol. The Balaban J connectivity index is 0. The van der Waals surface area contributed by atoms with Crippen LogP contribution >= 0.6 is 0 Å². The fourth-order valence-electron chi connectivity index (χ4n) is 3.38. The van der Waals surface area contributed by atoms with Crippen molar-refractivity contribution in [2.45, 2.75) is 158 Å². The van der Waals surface area contributed by atoms with Gasteiger partial charge in [0.15, 0.2) is 0 Å². The summed E-state index contributed by atoms with van der Waals surface area (Å²) in [6.45, 7) is 6.85. The van der Waals surface area contributed by atoms with E-state index >= 15 is 0 Å². The number of rotatable bonds is 22. The molecule has 0 aromatic rings. The molecule has 3 heteroatoms. The van der Waals surface area contributed by atoms with E-state index in [9.17, 15) is 4.79 Å². The second kappa shape index (κ2) is 30.5. The molecule has 2 radical (unpaired) electrons. The number of carbonyl (C=O) groups is 1. The van der Waals surface area contributed by atoms with Crippen molar-refractivity contribution in [3.8, 4) is 0 Å². The Morgan fingerprint density at radius 3 is 1.14 bits per heavy atom. The Morgan fingerprint density at radius 2 is 0.828 bits per heavy atom. The van der Waals surface area contributed by atoms with Gasteiger partial charge in [-0.2, -0.15) is 0 Å². The first-order chi connectivity index (χ1) is 14.2. The second-order valence-corrected chi connectivity index (χ2v) is 12.8. The molecule has 0 saturated heterocycles. The molecule has 0 aromatic carbocycles. The van der Waals surface area contributed by atoms with Gasteiger partial charge in [0.05, 0.1) is 0 Å². The minimum absolute atomic E-state index is 0.149. The van der Waals surface area contributed by atoms with Crippen LogP contribution in [-0.2, 0) is 4.79 Å². The molecule has 29 heavy (non-hydrogen) atoms. The van der Waals surface area contributed by atoms with Crippen LogP contribution in [0.15, 0.2) is 0 Å². The van der Waals surface area contributed by atoms with Gasteiger partial charge >= 0.3 is 75.5 Å². The number of carboxylic acid groups (broad SMARTS) is 1. The topological polar surface area (TPSA) is 37.3 Å². The number of hydrogen-bond donors (Lipinski definition) is 1. The van der Waals surface area contributed by atoms with Crippen molar-refractivity contribution in [2.24, 2.45) is 0 Å². The third-order valence-electron chi connectivity index (χ3n) is 5.41. The summed E-state index contributed by atoms with van der Waals surface area (Å²) in [5, 5.41) is 8.52. The van der Waals surface area contributed by atoms with Crippen LogP contribution in [0.4, 0.5) is 0 Å². The summed E-state index contributed by atoms with van der Waals surface area (Å²) in [6, 6.07) is 0. The predicted molar refractivity (Wildman–Crippen MR) is 132 cm³/mol. The van der Waals surface area contributed by atoms with Crippen molar-refractivity contribution in [1.82, 2.24) is 0 Å². The summed E-state index contributed by atoms with van der Waals surface area (Å²) in [7, 11) is 0. The third-order valence-corrected chi connectivity index (χ3v) is 9.44. The molecule has 0 fully saturated rings. The van der Waals surface area contributed by atoms with Gasteiger partial charge in [-0.25, -0.2) is 0 Å². The van der Waals surface area contributed by atoms with Crippen molar-refractivity contribution in [1.29, 1.82) is 0 Å². The number of hydrogen-bond acceptors (Lipinski definition) is 1. The van der Waals surface area contributed by atoms with Gasteiger partial charge in [0, 0.05) is 6.42 Å². The molecule has 0 heterocycles. The molecule has 0 rings (SSSR count). The summed E-state index contributed by atoms with van der Waals surface area (Å²) in [6.07, 6.45) is 26.0. The van der Waals surface area contributed by atoms with E-state index in [1.807, 2.05) is 0 Å². The first-order valence-electron chi connectivity index (χ1n) is 13.1. The van der Waals surface area contributed by atoms with Gasteiger partial charge in [0.25, 0.3) is 0 Å². The molecule has 174 valence electrons. The van der Waals surface area contributed by atoms with E-state index in [0.717, 1.165) is 12.8 Å². The fraction of sp³-hybridized carbons (Fsp3) is 0.962. The van der Waals surface area contributed by atoms with E-state index in [1.54, 1.807) is 8.87 Å². The molecule has 0 bridgehead atoms. The number of unbranched alkanes of at least 4 members (excludes halogenated alkanes) is 16. The first-order valence-corrected chi connectivity index (χ1v) is 17.1. The average Bonchev–Trinajstić information content (AvgIpc) is 2.71. The van der Waals surface area contributed by atoms with Crippen LogP contribution in [-0.4, -0.2) is 32.2 Å². The molecule has 0 aliphatic heterocycles. The molecule has 2 nitrogen and oxygen atoms in total. The molecule has 0 unspecified atom stereocenters. The SMILES string of the molecule is CCCCCCCCCCCCCCCCCC(=O)O.CCC[CH2][Sn][CH2]CCC. The minimum atomic E-state index is -0.653. The second-order valence-electron chi connectivity index (χ2n) is 8.55. The molecule has 0 aliphatic carbocycles. The van der Waals surface area contributed by atoms with Crippen LogP contribution in [0, 0.1) is 0 Å². The first kappa shape index (κ1) is 31.5. The van der Waals surface area contributed by atoms with Crippen molar-refractivity contribution in [2.75, 3.05) is 0 Å². The zero-order valence-electron chi connectivity index (χ0n) is 20.4. The van der Waals surface area contributed by atoms with Crippen molar-refractivity contribution in [3.05, 3.63) is 0 Å². The molecule has 0 aromatic heterocycles. The van der Waals surface area contributed by atoms with E-state index in [0.29, 0.717) is 6.42 Å². The molecule has 0 spiro atoms. The average molecular weight is 517 g/mol. The van der Waals surface area contributed by atoms with E-state index in [-0.39, 0.29) is 21.1 Å². The van der Waals surface area contributed by atoms with Gasteiger partial charge in [-0.1, -0.05) is 96.8 Å². The summed E-state index contributed by atoms with van der Waals surface area (Å²) in [5.74, 6) is -0.653. The Hall–Kier alpha value is 0.269. The standard InChI is InChI=1S/C18H36O2.2C4H9.Sn/c1-2-3-4-5-6-7-8-9-10-11-12-13-14-15-16-17-18(19)20;2*1-3-4-2;/h2-17H2,1H3,(H,19,20);2*1,3-4H2,2H3;. The zero-order chi connectivity index (χ0) is 21.8. The normalized spacial score (nSPS) is 10.6. The monoisotopic (exact) mass is 518 g/mol. The third kappa shape index (κ3) is 36.0. The quantitative estimate of drug-likeness (QED) is 0.115. The van der Waals surface area contributed by atoms with Gasteiger partial charge in [0.2, 0.25) is 0 Å². The van der Waals surface area contributed by atoms with Gasteiger partial charge in [-0.3, -0.25) is 4.79 Å². The molecule has 0 amide bonds. The summed E-state index contributed by atoms with van der Waals surface area (Å²) >= 11 is 0.149. The molecule has 0 saturated carbocycles.